The predicted molar refractivity (Wildman–Crippen MR) is 123 cm³/mol. The van der Waals surface area contributed by atoms with Gasteiger partial charge in [0.2, 0.25) is 5.91 Å². The SMILES string of the molecule is COc1ccc([C@@H](CC(=O)NCCN2CCOCC2)N2Cc3ccccc3C2=O)cc1OC. The number of fused-ring (bicyclic) bond motifs is 1. The Balaban J connectivity index is 1.51. The number of morpholine rings is 1. The summed E-state index contributed by atoms with van der Waals surface area (Å²) in [5, 5.41) is 3.03. The second-order valence-electron chi connectivity index (χ2n) is 8.23. The van der Waals surface area contributed by atoms with Crippen molar-refractivity contribution >= 4 is 11.8 Å². The molecule has 0 saturated carbocycles. The Labute approximate surface area is 194 Å². The van der Waals surface area contributed by atoms with Gasteiger partial charge in [0, 0.05) is 38.3 Å². The largest absolute Gasteiger partial charge is 0.493 e. The highest BCUT2D eigenvalue weighted by Gasteiger charge is 2.34. The summed E-state index contributed by atoms with van der Waals surface area (Å²) in [5.41, 5.74) is 2.49. The maximum absolute atomic E-state index is 13.2. The first-order chi connectivity index (χ1) is 16.1. The second-order valence-corrected chi connectivity index (χ2v) is 8.23. The van der Waals surface area contributed by atoms with Crippen LogP contribution in [-0.4, -0.2) is 75.2 Å². The fourth-order valence-electron chi connectivity index (χ4n) is 4.42. The van der Waals surface area contributed by atoms with E-state index in [1.807, 2.05) is 42.5 Å². The lowest BCUT2D eigenvalue weighted by Gasteiger charge is -2.29. The minimum absolute atomic E-state index is 0.0634. The van der Waals surface area contributed by atoms with Crippen molar-refractivity contribution in [1.29, 1.82) is 0 Å². The maximum atomic E-state index is 13.2. The fourth-order valence-corrected chi connectivity index (χ4v) is 4.42. The Morgan fingerprint density at radius 3 is 2.58 bits per heavy atom. The Morgan fingerprint density at radius 1 is 1.09 bits per heavy atom. The van der Waals surface area contributed by atoms with Crippen molar-refractivity contribution in [2.75, 3.05) is 53.6 Å². The van der Waals surface area contributed by atoms with E-state index in [-0.39, 0.29) is 18.2 Å². The molecular weight excluding hydrogens is 422 g/mol. The summed E-state index contributed by atoms with van der Waals surface area (Å²) in [6, 6.07) is 12.7. The van der Waals surface area contributed by atoms with Crippen LogP contribution in [0.3, 0.4) is 0 Å². The van der Waals surface area contributed by atoms with Gasteiger partial charge < -0.3 is 24.4 Å². The van der Waals surface area contributed by atoms with Crippen LogP contribution in [0.15, 0.2) is 42.5 Å². The molecule has 176 valence electrons. The number of methoxy groups -OCH3 is 2. The molecule has 2 heterocycles. The number of hydrogen-bond acceptors (Lipinski definition) is 6. The molecule has 2 aromatic carbocycles. The third-order valence-corrected chi connectivity index (χ3v) is 6.25. The van der Waals surface area contributed by atoms with Gasteiger partial charge in [-0.25, -0.2) is 0 Å². The number of rotatable bonds is 9. The van der Waals surface area contributed by atoms with E-state index in [0.29, 0.717) is 30.2 Å². The van der Waals surface area contributed by atoms with Crippen LogP contribution < -0.4 is 14.8 Å². The fraction of sp³-hybridized carbons (Fsp3) is 0.440. The molecule has 2 aliphatic heterocycles. The van der Waals surface area contributed by atoms with Gasteiger partial charge in [0.25, 0.3) is 5.91 Å². The van der Waals surface area contributed by atoms with Crippen LogP contribution >= 0.6 is 0 Å². The molecule has 1 saturated heterocycles. The van der Waals surface area contributed by atoms with Gasteiger partial charge in [0.1, 0.15) is 0 Å². The van der Waals surface area contributed by atoms with Crippen molar-refractivity contribution in [3.05, 3.63) is 59.2 Å². The molecule has 2 amide bonds. The average Bonchev–Trinajstić information content (AvgIpc) is 3.19. The molecule has 0 aromatic heterocycles. The molecule has 1 N–H and O–H groups in total. The smallest absolute Gasteiger partial charge is 0.255 e. The Hall–Kier alpha value is -3.10. The van der Waals surface area contributed by atoms with Crippen molar-refractivity contribution in [3.63, 3.8) is 0 Å². The Morgan fingerprint density at radius 2 is 1.85 bits per heavy atom. The molecule has 0 aliphatic carbocycles. The number of ether oxygens (including phenoxy) is 3. The summed E-state index contributed by atoms with van der Waals surface area (Å²) < 4.78 is 16.2. The molecule has 0 unspecified atom stereocenters. The van der Waals surface area contributed by atoms with E-state index < -0.39 is 6.04 Å². The van der Waals surface area contributed by atoms with E-state index in [1.165, 1.54) is 0 Å². The topological polar surface area (TPSA) is 80.3 Å². The molecule has 8 nitrogen and oxygen atoms in total. The van der Waals surface area contributed by atoms with Crippen LogP contribution in [0.1, 0.15) is 33.9 Å². The van der Waals surface area contributed by atoms with Crippen molar-refractivity contribution < 1.29 is 23.8 Å². The van der Waals surface area contributed by atoms with E-state index in [2.05, 4.69) is 10.2 Å². The molecular formula is C25H31N3O5. The minimum atomic E-state index is -0.423. The van der Waals surface area contributed by atoms with Gasteiger partial charge in [0.05, 0.1) is 39.9 Å². The van der Waals surface area contributed by atoms with Gasteiger partial charge in [-0.2, -0.15) is 0 Å². The molecule has 0 bridgehead atoms. The van der Waals surface area contributed by atoms with Gasteiger partial charge in [-0.3, -0.25) is 14.5 Å². The highest BCUT2D eigenvalue weighted by molar-refractivity contribution is 5.98. The summed E-state index contributed by atoms with van der Waals surface area (Å²) in [6.45, 7) is 5.03. The quantitative estimate of drug-likeness (QED) is 0.627. The Kier molecular flexibility index (Phi) is 7.47. The summed E-state index contributed by atoms with van der Waals surface area (Å²) in [7, 11) is 3.16. The summed E-state index contributed by atoms with van der Waals surface area (Å²) in [5.74, 6) is 1.01. The monoisotopic (exact) mass is 453 g/mol. The van der Waals surface area contributed by atoms with E-state index in [0.717, 1.165) is 44.0 Å². The number of amides is 2. The third-order valence-electron chi connectivity index (χ3n) is 6.25. The zero-order valence-electron chi connectivity index (χ0n) is 19.2. The molecule has 2 aromatic rings. The standard InChI is InChI=1S/C25H31N3O5/c1-31-22-8-7-18(15-23(22)32-2)21(28-17-19-5-3-4-6-20(19)25(28)30)16-24(29)26-9-10-27-11-13-33-14-12-27/h3-8,15,21H,9-14,16-17H2,1-2H3,(H,26,29)/t21-/m1/s1. The number of nitrogens with zero attached hydrogens (tertiary/aromatic N) is 2. The van der Waals surface area contributed by atoms with Crippen molar-refractivity contribution in [1.82, 2.24) is 15.1 Å². The van der Waals surface area contributed by atoms with Crippen LogP contribution in [-0.2, 0) is 16.1 Å². The molecule has 33 heavy (non-hydrogen) atoms. The van der Waals surface area contributed by atoms with Crippen LogP contribution in [0, 0.1) is 0 Å². The van der Waals surface area contributed by atoms with E-state index >= 15 is 0 Å². The molecule has 1 atom stereocenters. The van der Waals surface area contributed by atoms with Gasteiger partial charge >= 0.3 is 0 Å². The lowest BCUT2D eigenvalue weighted by molar-refractivity contribution is -0.122. The van der Waals surface area contributed by atoms with Crippen LogP contribution in [0.25, 0.3) is 0 Å². The number of hydrogen-bond donors (Lipinski definition) is 1. The van der Waals surface area contributed by atoms with Crippen LogP contribution in [0.5, 0.6) is 11.5 Å². The van der Waals surface area contributed by atoms with Crippen molar-refractivity contribution in [2.24, 2.45) is 0 Å². The van der Waals surface area contributed by atoms with Gasteiger partial charge in [0.15, 0.2) is 11.5 Å². The lowest BCUT2D eigenvalue weighted by atomic mass is 10.0. The first-order valence-corrected chi connectivity index (χ1v) is 11.3. The maximum Gasteiger partial charge on any atom is 0.255 e. The lowest BCUT2D eigenvalue weighted by Crippen LogP contribution is -2.42. The molecule has 0 radical (unpaired) electrons. The van der Waals surface area contributed by atoms with Gasteiger partial charge in [-0.05, 0) is 29.3 Å². The van der Waals surface area contributed by atoms with Crippen LogP contribution in [0.2, 0.25) is 0 Å². The molecule has 8 heteroatoms. The first-order valence-electron chi connectivity index (χ1n) is 11.3. The van der Waals surface area contributed by atoms with E-state index in [4.69, 9.17) is 14.2 Å². The minimum Gasteiger partial charge on any atom is -0.493 e. The predicted octanol–water partition coefficient (Wildman–Crippen LogP) is 2.24. The summed E-state index contributed by atoms with van der Waals surface area (Å²) in [4.78, 5) is 30.2. The molecule has 4 rings (SSSR count). The normalized spacial score (nSPS) is 16.9. The van der Waals surface area contributed by atoms with Gasteiger partial charge in [-0.15, -0.1) is 0 Å². The summed E-state index contributed by atoms with van der Waals surface area (Å²) >= 11 is 0. The van der Waals surface area contributed by atoms with Crippen molar-refractivity contribution in [3.8, 4) is 11.5 Å². The third kappa shape index (κ3) is 5.29. The van der Waals surface area contributed by atoms with Crippen molar-refractivity contribution in [2.45, 2.75) is 19.0 Å². The Bertz CT molecular complexity index is 990. The number of carbonyl (C=O) groups is 2. The van der Waals surface area contributed by atoms with Gasteiger partial charge in [-0.1, -0.05) is 24.3 Å². The van der Waals surface area contributed by atoms with E-state index in [9.17, 15) is 9.59 Å². The highest BCUT2D eigenvalue weighted by atomic mass is 16.5. The second kappa shape index (κ2) is 10.7. The highest BCUT2D eigenvalue weighted by Crippen LogP contribution is 2.37. The molecule has 2 aliphatic rings. The number of benzene rings is 2. The number of carbonyl (C=O) groups excluding carboxylic acids is 2. The first kappa shape index (κ1) is 23.1. The van der Waals surface area contributed by atoms with E-state index in [1.54, 1.807) is 19.1 Å². The zero-order valence-corrected chi connectivity index (χ0v) is 19.2. The summed E-state index contributed by atoms with van der Waals surface area (Å²) in [6.07, 6.45) is 0.165. The number of nitrogens with one attached hydrogen (secondary N) is 1. The molecule has 1 fully saturated rings. The average molecular weight is 454 g/mol. The molecule has 0 spiro atoms. The zero-order chi connectivity index (χ0) is 23.2. The van der Waals surface area contributed by atoms with Crippen LogP contribution in [0.4, 0.5) is 0 Å².